The lowest BCUT2D eigenvalue weighted by Gasteiger charge is -2.33. The molecule has 0 bridgehead atoms. The van der Waals surface area contributed by atoms with E-state index in [0.717, 1.165) is 12.8 Å². The fourth-order valence-electron chi connectivity index (χ4n) is 3.33. The molecule has 1 fully saturated rings. The van der Waals surface area contributed by atoms with Gasteiger partial charge in [0.1, 0.15) is 16.7 Å². The van der Waals surface area contributed by atoms with Crippen molar-refractivity contribution < 1.29 is 18.3 Å². The summed E-state index contributed by atoms with van der Waals surface area (Å²) in [5, 5.41) is 11.3. The lowest BCUT2D eigenvalue weighted by Crippen LogP contribution is -2.45. The molecule has 1 atom stereocenters. The van der Waals surface area contributed by atoms with E-state index in [2.05, 4.69) is 9.62 Å². The van der Waals surface area contributed by atoms with E-state index in [9.17, 15) is 13.5 Å². The summed E-state index contributed by atoms with van der Waals surface area (Å²) in [6.45, 7) is 1.61. The van der Waals surface area contributed by atoms with E-state index in [0.29, 0.717) is 35.4 Å². The van der Waals surface area contributed by atoms with Gasteiger partial charge < -0.3 is 14.7 Å². The summed E-state index contributed by atoms with van der Waals surface area (Å²) in [4.78, 5) is 1.88. The van der Waals surface area contributed by atoms with Crippen molar-refractivity contribution in [2.24, 2.45) is 0 Å². The minimum Gasteiger partial charge on any atom is -0.490 e. The van der Waals surface area contributed by atoms with Gasteiger partial charge in [-0.1, -0.05) is 52.5 Å². The van der Waals surface area contributed by atoms with Crippen LogP contribution in [0.4, 0.5) is 0 Å². The molecule has 1 heterocycles. The third-order valence-electron chi connectivity index (χ3n) is 4.89. The number of aliphatic hydroxyl groups is 1. The van der Waals surface area contributed by atoms with Gasteiger partial charge in [0.15, 0.2) is 0 Å². The maximum atomic E-state index is 12.5. The predicted octanol–water partition coefficient (Wildman–Crippen LogP) is 4.48. The number of likely N-dealkylation sites (tertiary alicyclic amines) is 1. The Balaban J connectivity index is 1.45. The Hall–Kier alpha value is -0.770. The Kier molecular flexibility index (Phi) is 8.74. The molecule has 1 aliphatic heterocycles. The largest absolute Gasteiger partial charge is 0.490 e. The standard InChI is InChI=1S/C20H22Cl4N2O4S/c21-16-5-4-15(10-19(16)24)30-14-6-8-26(9-7-14)12-13(27)11-25-31(28,29)20-17(22)2-1-3-18(20)23/h1-5,10,13-14,25,27H,6-9,11-12H2/t13-/m0/s1. The van der Waals surface area contributed by atoms with Gasteiger partial charge >= 0.3 is 0 Å². The number of benzene rings is 2. The highest BCUT2D eigenvalue weighted by Crippen LogP contribution is 2.29. The lowest BCUT2D eigenvalue weighted by atomic mass is 10.1. The maximum Gasteiger partial charge on any atom is 0.243 e. The van der Waals surface area contributed by atoms with Gasteiger partial charge in [-0.3, -0.25) is 0 Å². The van der Waals surface area contributed by atoms with Crippen LogP contribution in [0.1, 0.15) is 12.8 Å². The van der Waals surface area contributed by atoms with Crippen LogP contribution in [0.2, 0.25) is 20.1 Å². The first-order valence-corrected chi connectivity index (χ1v) is 12.6. The molecule has 6 nitrogen and oxygen atoms in total. The highest BCUT2D eigenvalue weighted by Gasteiger charge is 2.25. The lowest BCUT2D eigenvalue weighted by molar-refractivity contribution is 0.0630. The van der Waals surface area contributed by atoms with Crippen LogP contribution in [0.25, 0.3) is 0 Å². The van der Waals surface area contributed by atoms with E-state index in [1.165, 1.54) is 12.1 Å². The number of nitrogens with one attached hydrogen (secondary N) is 1. The summed E-state index contributed by atoms with van der Waals surface area (Å²) in [5.41, 5.74) is 0. The summed E-state index contributed by atoms with van der Waals surface area (Å²) in [5.74, 6) is 0.667. The van der Waals surface area contributed by atoms with Crippen molar-refractivity contribution in [1.29, 1.82) is 0 Å². The number of rotatable bonds is 8. The molecule has 0 radical (unpaired) electrons. The Bertz CT molecular complexity index is 994. The van der Waals surface area contributed by atoms with Crippen LogP contribution >= 0.6 is 46.4 Å². The highest BCUT2D eigenvalue weighted by atomic mass is 35.5. The van der Waals surface area contributed by atoms with Crippen LogP contribution in [0, 0.1) is 0 Å². The zero-order valence-corrected chi connectivity index (χ0v) is 20.2. The first kappa shape index (κ1) is 24.9. The Morgan fingerprint density at radius 2 is 1.68 bits per heavy atom. The molecule has 0 aromatic heterocycles. The summed E-state index contributed by atoms with van der Waals surface area (Å²) >= 11 is 23.9. The molecule has 11 heteroatoms. The molecule has 31 heavy (non-hydrogen) atoms. The second-order valence-corrected chi connectivity index (χ2v) is 10.6. The van der Waals surface area contributed by atoms with Gasteiger partial charge in [0, 0.05) is 32.2 Å². The van der Waals surface area contributed by atoms with Crippen molar-refractivity contribution in [3.05, 3.63) is 56.5 Å². The van der Waals surface area contributed by atoms with Gasteiger partial charge in [-0.05, 0) is 37.1 Å². The Morgan fingerprint density at radius 1 is 1.03 bits per heavy atom. The molecule has 2 N–H and O–H groups in total. The van der Waals surface area contributed by atoms with E-state index >= 15 is 0 Å². The van der Waals surface area contributed by atoms with Crippen LogP contribution < -0.4 is 9.46 Å². The van der Waals surface area contributed by atoms with E-state index in [-0.39, 0.29) is 27.6 Å². The van der Waals surface area contributed by atoms with Crippen molar-refractivity contribution in [1.82, 2.24) is 9.62 Å². The fraction of sp³-hybridized carbons (Fsp3) is 0.400. The number of hydrogen-bond acceptors (Lipinski definition) is 5. The normalized spacial score (nSPS) is 16.9. The highest BCUT2D eigenvalue weighted by molar-refractivity contribution is 7.89. The van der Waals surface area contributed by atoms with E-state index in [1.54, 1.807) is 24.3 Å². The third-order valence-corrected chi connectivity index (χ3v) is 8.01. The molecule has 1 saturated heterocycles. The number of ether oxygens (including phenoxy) is 1. The van der Waals surface area contributed by atoms with Crippen LogP contribution in [0.3, 0.4) is 0 Å². The molecule has 0 aliphatic carbocycles. The van der Waals surface area contributed by atoms with Crippen LogP contribution in [0.5, 0.6) is 5.75 Å². The molecule has 2 aromatic rings. The Morgan fingerprint density at radius 3 is 2.29 bits per heavy atom. The topological polar surface area (TPSA) is 78.9 Å². The van der Waals surface area contributed by atoms with Gasteiger partial charge in [0.05, 0.1) is 26.2 Å². The molecule has 3 rings (SSSR count). The number of aliphatic hydroxyl groups excluding tert-OH is 1. The van der Waals surface area contributed by atoms with Crippen LogP contribution in [0.15, 0.2) is 41.3 Å². The second kappa shape index (κ2) is 10.9. The number of halogens is 4. The Labute approximate surface area is 202 Å². The minimum absolute atomic E-state index is 0.0264. The van der Waals surface area contributed by atoms with Gasteiger partial charge in [-0.2, -0.15) is 0 Å². The van der Waals surface area contributed by atoms with E-state index < -0.39 is 16.1 Å². The fourth-order valence-corrected chi connectivity index (χ4v) is 5.83. The van der Waals surface area contributed by atoms with Crippen molar-refractivity contribution in [3.63, 3.8) is 0 Å². The van der Waals surface area contributed by atoms with Crippen LogP contribution in [-0.4, -0.2) is 56.8 Å². The molecule has 0 amide bonds. The number of piperidine rings is 1. The zero-order valence-electron chi connectivity index (χ0n) is 16.4. The molecular weight excluding hydrogens is 506 g/mol. The maximum absolute atomic E-state index is 12.5. The first-order valence-electron chi connectivity index (χ1n) is 9.61. The number of hydrogen-bond donors (Lipinski definition) is 2. The predicted molar refractivity (Wildman–Crippen MR) is 124 cm³/mol. The molecule has 170 valence electrons. The molecule has 2 aromatic carbocycles. The summed E-state index contributed by atoms with van der Waals surface area (Å²) in [7, 11) is -3.94. The number of β-amino-alcohol motifs (C(OH)–C–C–N with tert-alkyl or cyclic N) is 1. The molecule has 0 saturated carbocycles. The average Bonchev–Trinajstić information content (AvgIpc) is 2.70. The minimum atomic E-state index is -3.94. The number of sulfonamides is 1. The SMILES string of the molecule is O=S(=O)(NC[C@H](O)CN1CCC(Oc2ccc(Cl)c(Cl)c2)CC1)c1c(Cl)cccc1Cl. The molecular formula is C20H22Cl4N2O4S. The van der Waals surface area contributed by atoms with Gasteiger partial charge in [-0.25, -0.2) is 13.1 Å². The monoisotopic (exact) mass is 526 g/mol. The summed E-state index contributed by atoms with van der Waals surface area (Å²) in [6.07, 6.45) is 0.692. The molecule has 0 unspecified atom stereocenters. The summed E-state index contributed by atoms with van der Waals surface area (Å²) in [6, 6.07) is 9.62. The first-order chi connectivity index (χ1) is 14.7. The quantitative estimate of drug-likeness (QED) is 0.529. The van der Waals surface area contributed by atoms with Crippen LogP contribution in [-0.2, 0) is 10.0 Å². The van der Waals surface area contributed by atoms with E-state index in [4.69, 9.17) is 51.1 Å². The third kappa shape index (κ3) is 6.85. The molecule has 1 aliphatic rings. The van der Waals surface area contributed by atoms with Gasteiger partial charge in [-0.15, -0.1) is 0 Å². The van der Waals surface area contributed by atoms with Gasteiger partial charge in [0.2, 0.25) is 10.0 Å². The van der Waals surface area contributed by atoms with Crippen molar-refractivity contribution >= 4 is 56.4 Å². The van der Waals surface area contributed by atoms with Gasteiger partial charge in [0.25, 0.3) is 0 Å². The van der Waals surface area contributed by atoms with Crippen molar-refractivity contribution in [2.45, 2.75) is 29.9 Å². The van der Waals surface area contributed by atoms with Crippen molar-refractivity contribution in [3.8, 4) is 5.75 Å². The van der Waals surface area contributed by atoms with E-state index in [1.807, 2.05) is 0 Å². The zero-order chi connectivity index (χ0) is 22.6. The number of nitrogens with zero attached hydrogens (tertiary/aromatic N) is 1. The summed E-state index contributed by atoms with van der Waals surface area (Å²) < 4.78 is 33.3. The second-order valence-electron chi connectivity index (χ2n) is 7.25. The van der Waals surface area contributed by atoms with Crippen molar-refractivity contribution in [2.75, 3.05) is 26.2 Å². The molecule has 0 spiro atoms. The smallest absolute Gasteiger partial charge is 0.243 e. The average molecular weight is 528 g/mol.